The van der Waals surface area contributed by atoms with Gasteiger partial charge in [0.25, 0.3) is 0 Å². The molecule has 1 aliphatic heterocycles. The molecule has 0 aliphatic carbocycles. The maximum Gasteiger partial charge on any atom is 0.0415 e. The van der Waals surface area contributed by atoms with Gasteiger partial charge < -0.3 is 5.32 Å². The maximum absolute atomic E-state index is 3.85. The molecule has 1 aliphatic rings. The molecular weight excluding hydrogens is 146 g/mol. The van der Waals surface area contributed by atoms with E-state index in [1.807, 2.05) is 13.8 Å². The fourth-order valence-corrected chi connectivity index (χ4v) is 1.18. The van der Waals surface area contributed by atoms with Crippen molar-refractivity contribution in [1.29, 1.82) is 0 Å². The van der Waals surface area contributed by atoms with Crippen molar-refractivity contribution in [2.24, 2.45) is 0 Å². The third-order valence-corrected chi connectivity index (χ3v) is 1.72. The molecule has 0 aromatic rings. The fourth-order valence-electron chi connectivity index (χ4n) is 1.18. The highest BCUT2D eigenvalue weighted by molar-refractivity contribution is 5.43. The summed E-state index contributed by atoms with van der Waals surface area (Å²) in [6.45, 7) is 8.80. The van der Waals surface area contributed by atoms with Gasteiger partial charge >= 0.3 is 0 Å². The highest BCUT2D eigenvalue weighted by atomic mass is 14.9. The van der Waals surface area contributed by atoms with Crippen LogP contribution in [-0.2, 0) is 0 Å². The number of nitrogens with one attached hydrogen (secondary N) is 1. The molecule has 0 fully saturated rings. The van der Waals surface area contributed by atoms with Crippen LogP contribution in [0.15, 0.2) is 47.7 Å². The van der Waals surface area contributed by atoms with Crippen molar-refractivity contribution < 1.29 is 0 Å². The van der Waals surface area contributed by atoms with E-state index in [1.165, 1.54) is 11.3 Å². The maximum atomic E-state index is 3.85. The largest absolute Gasteiger partial charge is 0.381 e. The second-order valence-corrected chi connectivity index (χ2v) is 2.93. The Bertz CT molecular complexity index is 267. The van der Waals surface area contributed by atoms with E-state index in [9.17, 15) is 0 Å². The van der Waals surface area contributed by atoms with E-state index in [0.29, 0.717) is 0 Å². The van der Waals surface area contributed by atoms with Gasteiger partial charge in [0.2, 0.25) is 0 Å². The number of hydrogen-bond donors (Lipinski definition) is 1. The molecule has 1 N–H and O–H groups in total. The molecule has 12 heavy (non-hydrogen) atoms. The average Bonchev–Trinajstić information content (AvgIpc) is 2.04. The third kappa shape index (κ3) is 2.12. The monoisotopic (exact) mass is 161 g/mol. The molecule has 1 nitrogen and oxygen atoms in total. The Balaban J connectivity index is 2.90. The SMILES string of the molecule is C=C(C)/C=C1/NCC=C/C1=C/C. The van der Waals surface area contributed by atoms with Gasteiger partial charge in [-0.25, -0.2) is 0 Å². The summed E-state index contributed by atoms with van der Waals surface area (Å²) in [4.78, 5) is 0. The molecule has 1 rings (SSSR count). The summed E-state index contributed by atoms with van der Waals surface area (Å²) >= 11 is 0. The lowest BCUT2D eigenvalue weighted by Gasteiger charge is -2.15. The topological polar surface area (TPSA) is 12.0 Å². The molecule has 0 aromatic carbocycles. The Hall–Kier alpha value is -1.24. The molecule has 0 spiro atoms. The summed E-state index contributed by atoms with van der Waals surface area (Å²) in [5, 5.41) is 3.30. The van der Waals surface area contributed by atoms with Gasteiger partial charge in [-0.3, -0.25) is 0 Å². The quantitative estimate of drug-likeness (QED) is 0.623. The van der Waals surface area contributed by atoms with Gasteiger partial charge in [-0.05, 0) is 25.5 Å². The van der Waals surface area contributed by atoms with Crippen molar-refractivity contribution in [2.75, 3.05) is 6.54 Å². The first-order chi connectivity index (χ1) is 5.74. The van der Waals surface area contributed by atoms with Gasteiger partial charge in [0.1, 0.15) is 0 Å². The van der Waals surface area contributed by atoms with Crippen molar-refractivity contribution in [3.05, 3.63) is 47.7 Å². The number of allylic oxidation sites excluding steroid dienone is 4. The Morgan fingerprint density at radius 2 is 2.42 bits per heavy atom. The van der Waals surface area contributed by atoms with Crippen LogP contribution in [0.4, 0.5) is 0 Å². The molecule has 1 heteroatoms. The van der Waals surface area contributed by atoms with E-state index in [0.717, 1.165) is 12.1 Å². The minimum atomic E-state index is 0.913. The summed E-state index contributed by atoms with van der Waals surface area (Å²) in [5.74, 6) is 0. The smallest absolute Gasteiger partial charge is 0.0415 e. The molecule has 0 unspecified atom stereocenters. The zero-order valence-corrected chi connectivity index (χ0v) is 7.72. The van der Waals surface area contributed by atoms with E-state index < -0.39 is 0 Å². The van der Waals surface area contributed by atoms with E-state index >= 15 is 0 Å². The van der Waals surface area contributed by atoms with Crippen LogP contribution in [0, 0.1) is 0 Å². The summed E-state index contributed by atoms with van der Waals surface area (Å²) in [6.07, 6.45) is 8.41. The first-order valence-corrected chi connectivity index (χ1v) is 4.18. The lowest BCUT2D eigenvalue weighted by atomic mass is 10.1. The highest BCUT2D eigenvalue weighted by Gasteiger charge is 2.03. The summed E-state index contributed by atoms with van der Waals surface area (Å²) in [6, 6.07) is 0. The van der Waals surface area contributed by atoms with E-state index in [1.54, 1.807) is 0 Å². The minimum absolute atomic E-state index is 0.913. The van der Waals surface area contributed by atoms with Gasteiger partial charge in [-0.1, -0.05) is 30.4 Å². The zero-order chi connectivity index (χ0) is 8.97. The van der Waals surface area contributed by atoms with Crippen LogP contribution in [0.2, 0.25) is 0 Å². The Morgan fingerprint density at radius 1 is 1.67 bits per heavy atom. The predicted molar refractivity (Wildman–Crippen MR) is 53.8 cm³/mol. The van der Waals surface area contributed by atoms with Gasteiger partial charge in [0.05, 0.1) is 0 Å². The fraction of sp³-hybridized carbons (Fsp3) is 0.273. The number of rotatable bonds is 1. The van der Waals surface area contributed by atoms with Crippen LogP contribution < -0.4 is 5.32 Å². The minimum Gasteiger partial charge on any atom is -0.381 e. The van der Waals surface area contributed by atoms with Crippen LogP contribution in [0.25, 0.3) is 0 Å². The molecule has 0 saturated carbocycles. The van der Waals surface area contributed by atoms with Crippen LogP contribution in [0.3, 0.4) is 0 Å². The molecule has 0 saturated heterocycles. The summed E-state index contributed by atoms with van der Waals surface area (Å²) < 4.78 is 0. The Labute approximate surface area is 74.2 Å². The molecule has 0 aromatic heterocycles. The summed E-state index contributed by atoms with van der Waals surface area (Å²) in [5.41, 5.74) is 3.49. The van der Waals surface area contributed by atoms with Gasteiger partial charge in [0.15, 0.2) is 0 Å². The van der Waals surface area contributed by atoms with Gasteiger partial charge in [0, 0.05) is 12.2 Å². The van der Waals surface area contributed by atoms with Gasteiger partial charge in [-0.15, -0.1) is 0 Å². The zero-order valence-electron chi connectivity index (χ0n) is 7.72. The number of hydrogen-bond acceptors (Lipinski definition) is 1. The van der Waals surface area contributed by atoms with Crippen LogP contribution in [-0.4, -0.2) is 6.54 Å². The van der Waals surface area contributed by atoms with Crippen molar-refractivity contribution >= 4 is 0 Å². The molecule has 0 radical (unpaired) electrons. The lowest BCUT2D eigenvalue weighted by molar-refractivity contribution is 0.897. The van der Waals surface area contributed by atoms with Crippen molar-refractivity contribution in [3.63, 3.8) is 0 Å². The molecule has 1 heterocycles. The Morgan fingerprint density at radius 3 is 3.00 bits per heavy atom. The Kier molecular flexibility index (Phi) is 2.92. The molecule has 0 atom stereocenters. The van der Waals surface area contributed by atoms with Crippen molar-refractivity contribution in [1.82, 2.24) is 5.32 Å². The first kappa shape index (κ1) is 8.85. The molecule has 0 amide bonds. The second kappa shape index (κ2) is 3.96. The van der Waals surface area contributed by atoms with Crippen molar-refractivity contribution in [3.8, 4) is 0 Å². The normalized spacial score (nSPS) is 22.8. The molecule has 0 bridgehead atoms. The second-order valence-electron chi connectivity index (χ2n) is 2.93. The van der Waals surface area contributed by atoms with Crippen LogP contribution in [0.5, 0.6) is 0 Å². The van der Waals surface area contributed by atoms with Crippen LogP contribution >= 0.6 is 0 Å². The van der Waals surface area contributed by atoms with E-state index in [4.69, 9.17) is 0 Å². The molecule has 64 valence electrons. The first-order valence-electron chi connectivity index (χ1n) is 4.18. The van der Waals surface area contributed by atoms with E-state index in [2.05, 4.69) is 36.2 Å². The third-order valence-electron chi connectivity index (χ3n) is 1.72. The highest BCUT2D eigenvalue weighted by Crippen LogP contribution is 2.13. The van der Waals surface area contributed by atoms with Crippen molar-refractivity contribution in [2.45, 2.75) is 13.8 Å². The van der Waals surface area contributed by atoms with Crippen LogP contribution in [0.1, 0.15) is 13.8 Å². The average molecular weight is 161 g/mol. The standard InChI is InChI=1S/C11H15N/c1-4-10-6-5-7-12-11(10)8-9(2)3/h4-6,8,12H,2,7H2,1,3H3/b10-4-,11-8+. The summed E-state index contributed by atoms with van der Waals surface area (Å²) in [7, 11) is 0. The predicted octanol–water partition coefficient (Wildman–Crippen LogP) is 2.55. The van der Waals surface area contributed by atoms with E-state index in [-0.39, 0.29) is 0 Å². The molecular formula is C11H15N. The lowest BCUT2D eigenvalue weighted by Crippen LogP contribution is -2.18. The van der Waals surface area contributed by atoms with Gasteiger partial charge in [-0.2, -0.15) is 0 Å².